The molecule has 3 aromatic rings. The molecule has 1 aromatic heterocycles. The summed E-state index contributed by atoms with van der Waals surface area (Å²) in [6, 6.07) is 14.5. The molecule has 1 aliphatic heterocycles. The van der Waals surface area contributed by atoms with Crippen molar-refractivity contribution in [3.63, 3.8) is 0 Å². The van der Waals surface area contributed by atoms with E-state index in [0.717, 1.165) is 11.4 Å². The standard InChI is InChI=1S/C22H20N2O4/c1-14-18(22(26)24(23(14)2)16-7-5-4-6-8-16)11-15-13-28-20-10-9-17(27-3)12-19(20)21(15)25/h4-12H,13H2,1-3H3/b15-11+. The Morgan fingerprint density at radius 2 is 1.86 bits per heavy atom. The Morgan fingerprint density at radius 1 is 1.11 bits per heavy atom. The van der Waals surface area contributed by atoms with Crippen molar-refractivity contribution in [2.75, 3.05) is 13.7 Å². The minimum absolute atomic E-state index is 0.122. The largest absolute Gasteiger partial charge is 0.497 e. The fourth-order valence-electron chi connectivity index (χ4n) is 3.37. The van der Waals surface area contributed by atoms with Crippen LogP contribution in [0.4, 0.5) is 0 Å². The van der Waals surface area contributed by atoms with Gasteiger partial charge in [0.25, 0.3) is 5.56 Å². The van der Waals surface area contributed by atoms with Gasteiger partial charge in [-0.3, -0.25) is 14.3 Å². The van der Waals surface area contributed by atoms with E-state index in [2.05, 4.69) is 0 Å². The maximum absolute atomic E-state index is 13.1. The Kier molecular flexibility index (Phi) is 4.39. The highest BCUT2D eigenvalue weighted by Crippen LogP contribution is 2.31. The zero-order valence-corrected chi connectivity index (χ0v) is 15.9. The molecule has 0 radical (unpaired) electrons. The Bertz CT molecular complexity index is 1150. The lowest BCUT2D eigenvalue weighted by Crippen LogP contribution is -2.21. The Labute approximate surface area is 162 Å². The summed E-state index contributed by atoms with van der Waals surface area (Å²) in [6.45, 7) is 1.98. The number of carbonyl (C=O) groups excluding carboxylic acids is 1. The second kappa shape index (κ2) is 6.88. The molecule has 0 bridgehead atoms. The van der Waals surface area contributed by atoms with Crippen LogP contribution in [0.3, 0.4) is 0 Å². The van der Waals surface area contributed by atoms with Gasteiger partial charge in [0, 0.05) is 18.3 Å². The predicted octanol–water partition coefficient (Wildman–Crippen LogP) is 3.15. The fraction of sp³-hybridized carbons (Fsp3) is 0.182. The SMILES string of the molecule is COc1ccc2c(c1)C(=O)/C(=C/c1c(C)n(C)n(-c3ccccc3)c1=O)CO2. The number of benzene rings is 2. The summed E-state index contributed by atoms with van der Waals surface area (Å²) in [5.74, 6) is 0.947. The molecule has 0 spiro atoms. The van der Waals surface area contributed by atoms with E-state index in [4.69, 9.17) is 9.47 Å². The highest BCUT2D eigenvalue weighted by atomic mass is 16.5. The number of carbonyl (C=O) groups is 1. The van der Waals surface area contributed by atoms with Gasteiger partial charge in [-0.2, -0.15) is 0 Å². The van der Waals surface area contributed by atoms with Gasteiger partial charge in [0.1, 0.15) is 18.1 Å². The van der Waals surface area contributed by atoms with Gasteiger partial charge in [-0.05, 0) is 43.3 Å². The molecule has 0 atom stereocenters. The third-order valence-corrected chi connectivity index (χ3v) is 5.02. The van der Waals surface area contributed by atoms with E-state index in [1.54, 1.807) is 40.7 Å². The maximum atomic E-state index is 13.1. The van der Waals surface area contributed by atoms with Gasteiger partial charge in [0.05, 0.1) is 23.9 Å². The molecule has 0 amide bonds. The van der Waals surface area contributed by atoms with Crippen LogP contribution in [0.25, 0.3) is 11.8 Å². The normalized spacial score (nSPS) is 14.7. The Hall–Kier alpha value is -3.54. The number of nitrogens with zero attached hydrogens (tertiary/aromatic N) is 2. The van der Waals surface area contributed by atoms with Crippen LogP contribution in [0.15, 0.2) is 58.9 Å². The van der Waals surface area contributed by atoms with E-state index in [1.165, 1.54) is 0 Å². The monoisotopic (exact) mass is 376 g/mol. The molecule has 142 valence electrons. The van der Waals surface area contributed by atoms with E-state index < -0.39 is 0 Å². The highest BCUT2D eigenvalue weighted by Gasteiger charge is 2.25. The predicted molar refractivity (Wildman–Crippen MR) is 107 cm³/mol. The Balaban J connectivity index is 1.80. The lowest BCUT2D eigenvalue weighted by molar-refractivity contribution is 0.100. The molecule has 0 saturated heterocycles. The number of para-hydroxylation sites is 1. The first-order valence-corrected chi connectivity index (χ1v) is 8.91. The smallest absolute Gasteiger partial charge is 0.278 e. The summed E-state index contributed by atoms with van der Waals surface area (Å²) in [7, 11) is 3.37. The second-order valence-electron chi connectivity index (χ2n) is 6.62. The van der Waals surface area contributed by atoms with Gasteiger partial charge in [-0.25, -0.2) is 4.68 Å². The van der Waals surface area contributed by atoms with Gasteiger partial charge in [0.15, 0.2) is 5.78 Å². The minimum atomic E-state index is -0.178. The number of ether oxygens (including phenoxy) is 2. The Morgan fingerprint density at radius 3 is 2.57 bits per heavy atom. The van der Waals surface area contributed by atoms with Crippen LogP contribution in [0, 0.1) is 6.92 Å². The van der Waals surface area contributed by atoms with Crippen molar-refractivity contribution >= 4 is 11.9 Å². The topological polar surface area (TPSA) is 62.5 Å². The molecule has 28 heavy (non-hydrogen) atoms. The van der Waals surface area contributed by atoms with Crippen molar-refractivity contribution in [2.45, 2.75) is 6.92 Å². The van der Waals surface area contributed by atoms with Crippen molar-refractivity contribution in [1.82, 2.24) is 9.36 Å². The zero-order valence-electron chi connectivity index (χ0n) is 15.9. The molecule has 0 saturated carbocycles. The fourth-order valence-corrected chi connectivity index (χ4v) is 3.37. The lowest BCUT2D eigenvalue weighted by Gasteiger charge is -2.19. The van der Waals surface area contributed by atoms with Crippen LogP contribution in [0.5, 0.6) is 11.5 Å². The summed E-state index contributed by atoms with van der Waals surface area (Å²) in [4.78, 5) is 26.0. The van der Waals surface area contributed by atoms with E-state index in [-0.39, 0.29) is 17.9 Å². The summed E-state index contributed by atoms with van der Waals surface area (Å²) in [6.07, 6.45) is 1.64. The number of rotatable bonds is 3. The van der Waals surface area contributed by atoms with Crippen molar-refractivity contribution in [1.29, 1.82) is 0 Å². The summed E-state index contributed by atoms with van der Waals surface area (Å²) >= 11 is 0. The van der Waals surface area contributed by atoms with Crippen LogP contribution in [0.1, 0.15) is 21.6 Å². The second-order valence-corrected chi connectivity index (χ2v) is 6.62. The number of methoxy groups -OCH3 is 1. The number of Topliss-reactive ketones (excluding diaryl/α,β-unsaturated/α-hetero) is 1. The average Bonchev–Trinajstić information content (AvgIpc) is 2.93. The summed E-state index contributed by atoms with van der Waals surface area (Å²) < 4.78 is 14.3. The van der Waals surface area contributed by atoms with Crippen LogP contribution >= 0.6 is 0 Å². The third-order valence-electron chi connectivity index (χ3n) is 5.02. The van der Waals surface area contributed by atoms with E-state index in [0.29, 0.717) is 28.2 Å². The van der Waals surface area contributed by atoms with Crippen LogP contribution < -0.4 is 15.0 Å². The van der Waals surface area contributed by atoms with Crippen molar-refractivity contribution < 1.29 is 14.3 Å². The lowest BCUT2D eigenvalue weighted by atomic mass is 9.98. The first kappa shape index (κ1) is 17.9. The molecule has 2 aromatic carbocycles. The molecule has 2 heterocycles. The first-order chi connectivity index (χ1) is 13.5. The number of hydrogen-bond acceptors (Lipinski definition) is 4. The molecule has 6 nitrogen and oxygen atoms in total. The molecular weight excluding hydrogens is 356 g/mol. The van der Waals surface area contributed by atoms with Gasteiger partial charge in [0.2, 0.25) is 0 Å². The van der Waals surface area contributed by atoms with Crippen molar-refractivity contribution in [3.05, 3.63) is 81.3 Å². The van der Waals surface area contributed by atoms with E-state index in [9.17, 15) is 9.59 Å². The quantitative estimate of drug-likeness (QED) is 0.659. The summed E-state index contributed by atoms with van der Waals surface area (Å²) in [5, 5.41) is 0. The van der Waals surface area contributed by atoms with Crippen LogP contribution in [-0.4, -0.2) is 28.9 Å². The number of ketones is 1. The molecule has 0 unspecified atom stereocenters. The van der Waals surface area contributed by atoms with Gasteiger partial charge in [-0.1, -0.05) is 18.2 Å². The van der Waals surface area contributed by atoms with Gasteiger partial charge < -0.3 is 9.47 Å². The van der Waals surface area contributed by atoms with E-state index >= 15 is 0 Å². The number of hydrogen-bond donors (Lipinski definition) is 0. The molecule has 1 aliphatic rings. The average molecular weight is 376 g/mol. The third kappa shape index (κ3) is 2.83. The number of fused-ring (bicyclic) bond motifs is 1. The zero-order chi connectivity index (χ0) is 19.8. The molecule has 0 N–H and O–H groups in total. The number of aromatic nitrogens is 2. The first-order valence-electron chi connectivity index (χ1n) is 8.91. The van der Waals surface area contributed by atoms with Crippen molar-refractivity contribution in [2.24, 2.45) is 7.05 Å². The molecule has 0 aliphatic carbocycles. The van der Waals surface area contributed by atoms with Crippen LogP contribution in [-0.2, 0) is 7.05 Å². The highest BCUT2D eigenvalue weighted by molar-refractivity contribution is 6.14. The molecule has 6 heteroatoms. The van der Waals surface area contributed by atoms with E-state index in [1.807, 2.05) is 44.3 Å². The minimum Gasteiger partial charge on any atom is -0.497 e. The van der Waals surface area contributed by atoms with Crippen molar-refractivity contribution in [3.8, 4) is 17.2 Å². The van der Waals surface area contributed by atoms with Crippen LogP contribution in [0.2, 0.25) is 0 Å². The molecule has 4 rings (SSSR count). The molecule has 0 fully saturated rings. The molecular formula is C22H20N2O4. The maximum Gasteiger partial charge on any atom is 0.278 e. The van der Waals surface area contributed by atoms with Gasteiger partial charge in [-0.15, -0.1) is 0 Å². The van der Waals surface area contributed by atoms with Gasteiger partial charge >= 0.3 is 0 Å². The summed E-state index contributed by atoms with van der Waals surface area (Å²) in [5.41, 5.74) is 2.71.